The number of pyridine rings is 2. The van der Waals surface area contributed by atoms with E-state index in [1.165, 1.54) is 6.20 Å². The number of nitrogens with one attached hydrogen (secondary N) is 2. The highest BCUT2D eigenvalue weighted by Gasteiger charge is 2.36. The molecular weight excluding hydrogens is 507 g/mol. The molecule has 12 heteroatoms. The van der Waals surface area contributed by atoms with Gasteiger partial charge in [-0.3, -0.25) is 9.78 Å². The van der Waals surface area contributed by atoms with E-state index >= 15 is 0 Å². The Balaban J connectivity index is 1.59. The van der Waals surface area contributed by atoms with Crippen LogP contribution in [0.2, 0.25) is 0 Å². The largest absolute Gasteiger partial charge is 0.326 e. The lowest BCUT2D eigenvalue weighted by Gasteiger charge is -2.39. The van der Waals surface area contributed by atoms with E-state index in [9.17, 15) is 26.4 Å². The lowest BCUT2D eigenvalue weighted by atomic mass is 9.73. The van der Waals surface area contributed by atoms with Crippen LogP contribution in [0.15, 0.2) is 48.8 Å². The number of aromatic nitrogens is 2. The Morgan fingerprint density at radius 2 is 1.76 bits per heavy atom. The molecule has 8 nitrogen and oxygen atoms in total. The second kappa shape index (κ2) is 10.6. The molecule has 0 unspecified atom stereocenters. The zero-order valence-corrected chi connectivity index (χ0v) is 20.9. The number of halogens is 3. The minimum absolute atomic E-state index is 0.0859. The zero-order valence-electron chi connectivity index (χ0n) is 20.1. The van der Waals surface area contributed by atoms with E-state index in [1.807, 2.05) is 6.92 Å². The Bertz CT molecular complexity index is 1400. The lowest BCUT2D eigenvalue weighted by molar-refractivity contribution is 0.102. The first-order valence-electron chi connectivity index (χ1n) is 11.5. The molecule has 0 bridgehead atoms. The van der Waals surface area contributed by atoms with Gasteiger partial charge >= 0.3 is 0 Å². The second-order valence-electron chi connectivity index (χ2n) is 9.27. The van der Waals surface area contributed by atoms with Crippen molar-refractivity contribution in [2.24, 2.45) is 11.7 Å². The van der Waals surface area contributed by atoms with Crippen molar-refractivity contribution in [3.63, 3.8) is 0 Å². The Kier molecular flexibility index (Phi) is 7.62. The summed E-state index contributed by atoms with van der Waals surface area (Å²) in [6.45, 7) is 1.90. The van der Waals surface area contributed by atoms with Gasteiger partial charge in [-0.2, -0.15) is 0 Å². The van der Waals surface area contributed by atoms with Crippen LogP contribution in [0.5, 0.6) is 0 Å². The highest BCUT2D eigenvalue weighted by atomic mass is 32.2. The van der Waals surface area contributed by atoms with Crippen LogP contribution in [0.3, 0.4) is 0 Å². The molecule has 2 aromatic heterocycles. The molecule has 0 saturated heterocycles. The molecule has 1 aliphatic rings. The van der Waals surface area contributed by atoms with Gasteiger partial charge in [-0.25, -0.2) is 31.3 Å². The Morgan fingerprint density at radius 1 is 1.05 bits per heavy atom. The third kappa shape index (κ3) is 5.97. The van der Waals surface area contributed by atoms with Gasteiger partial charge in [-0.05, 0) is 60.6 Å². The van der Waals surface area contributed by atoms with E-state index < -0.39 is 56.7 Å². The molecule has 1 saturated carbocycles. The van der Waals surface area contributed by atoms with E-state index in [1.54, 1.807) is 12.3 Å². The third-order valence-electron chi connectivity index (χ3n) is 6.46. The van der Waals surface area contributed by atoms with Gasteiger partial charge in [0.2, 0.25) is 10.0 Å². The molecule has 4 atom stereocenters. The highest BCUT2D eigenvalue weighted by Crippen LogP contribution is 2.39. The standard InChI is InChI=1S/C25H26F3N5O3S/c1-13-10-14(11-19(29)23(13)33-37(2,35)36)15-8-9-30-12-21(15)32-25(34)20-7-6-18(28)24(31-20)22-16(26)4-3-5-17(22)27/h3-9,12-14,19,23,33H,10-11,29H2,1-2H3,(H,32,34)/t13-,14+,19+,23+/m1/s1. The molecule has 1 fully saturated rings. The summed E-state index contributed by atoms with van der Waals surface area (Å²) in [7, 11) is -3.44. The summed E-state index contributed by atoms with van der Waals surface area (Å²) in [5, 5.41) is 2.70. The zero-order chi connectivity index (χ0) is 26.9. The second-order valence-corrected chi connectivity index (χ2v) is 11.0. The molecule has 1 aliphatic carbocycles. The number of carbonyl (C=O) groups excluding carboxylic acids is 1. The highest BCUT2D eigenvalue weighted by molar-refractivity contribution is 7.88. The van der Waals surface area contributed by atoms with Crippen LogP contribution in [-0.4, -0.2) is 42.6 Å². The lowest BCUT2D eigenvalue weighted by Crippen LogP contribution is -2.54. The number of benzene rings is 1. The van der Waals surface area contributed by atoms with Crippen molar-refractivity contribution in [1.82, 2.24) is 14.7 Å². The molecule has 3 aromatic rings. The van der Waals surface area contributed by atoms with Gasteiger partial charge in [0.25, 0.3) is 5.91 Å². The predicted octanol–water partition coefficient (Wildman–Crippen LogP) is 3.57. The van der Waals surface area contributed by atoms with Crippen molar-refractivity contribution < 1.29 is 26.4 Å². The molecule has 1 aromatic carbocycles. The number of hydrogen-bond acceptors (Lipinski definition) is 6. The van der Waals surface area contributed by atoms with Crippen molar-refractivity contribution in [1.29, 1.82) is 0 Å². The summed E-state index contributed by atoms with van der Waals surface area (Å²) in [5.74, 6) is -3.92. The van der Waals surface area contributed by atoms with E-state index in [2.05, 4.69) is 20.0 Å². The third-order valence-corrected chi connectivity index (χ3v) is 7.16. The number of anilines is 1. The predicted molar refractivity (Wildman–Crippen MR) is 133 cm³/mol. The smallest absolute Gasteiger partial charge is 0.274 e. The molecule has 0 radical (unpaired) electrons. The van der Waals surface area contributed by atoms with Crippen LogP contribution >= 0.6 is 0 Å². The summed E-state index contributed by atoms with van der Waals surface area (Å²) in [6.07, 6.45) is 5.15. The molecule has 0 spiro atoms. The molecule has 196 valence electrons. The van der Waals surface area contributed by atoms with Crippen LogP contribution in [0.25, 0.3) is 11.3 Å². The van der Waals surface area contributed by atoms with E-state index in [0.717, 1.165) is 42.2 Å². The average molecular weight is 534 g/mol. The monoisotopic (exact) mass is 533 g/mol. The van der Waals surface area contributed by atoms with Crippen molar-refractivity contribution in [2.75, 3.05) is 11.6 Å². The maximum absolute atomic E-state index is 14.4. The molecule has 37 heavy (non-hydrogen) atoms. The SMILES string of the molecule is C[C@@H]1C[C@H](c2ccncc2NC(=O)c2ccc(F)c(-c3c(F)cccc3F)n2)C[C@H](N)[C@H]1NS(C)(=O)=O. The Labute approximate surface area is 212 Å². The Hall–Kier alpha value is -3.35. The van der Waals surface area contributed by atoms with Gasteiger partial charge in [-0.15, -0.1) is 0 Å². The number of nitrogens with zero attached hydrogens (tertiary/aromatic N) is 2. The number of amides is 1. The fourth-order valence-corrected chi connectivity index (χ4v) is 5.71. The number of sulfonamides is 1. The first-order valence-corrected chi connectivity index (χ1v) is 13.4. The maximum Gasteiger partial charge on any atom is 0.274 e. The van der Waals surface area contributed by atoms with Crippen LogP contribution < -0.4 is 15.8 Å². The van der Waals surface area contributed by atoms with Crippen molar-refractivity contribution in [3.05, 3.63) is 77.5 Å². The molecule has 4 rings (SSSR count). The Morgan fingerprint density at radius 3 is 2.41 bits per heavy atom. The first-order chi connectivity index (χ1) is 17.4. The normalized spacial score (nSPS) is 22.0. The van der Waals surface area contributed by atoms with Crippen molar-refractivity contribution in [2.45, 2.75) is 37.8 Å². The maximum atomic E-state index is 14.4. The van der Waals surface area contributed by atoms with Gasteiger partial charge in [0.05, 0.1) is 23.7 Å². The quantitative estimate of drug-likeness (QED) is 0.445. The minimum atomic E-state index is -3.44. The van der Waals surface area contributed by atoms with Gasteiger partial charge in [-0.1, -0.05) is 13.0 Å². The molecule has 2 heterocycles. The van der Waals surface area contributed by atoms with Crippen LogP contribution in [-0.2, 0) is 10.0 Å². The molecule has 0 aliphatic heterocycles. The van der Waals surface area contributed by atoms with Crippen LogP contribution in [0.4, 0.5) is 18.9 Å². The van der Waals surface area contributed by atoms with Gasteiger partial charge in [0, 0.05) is 18.3 Å². The van der Waals surface area contributed by atoms with Gasteiger partial charge in [0.15, 0.2) is 0 Å². The summed E-state index contributed by atoms with van der Waals surface area (Å²) >= 11 is 0. The van der Waals surface area contributed by atoms with E-state index in [4.69, 9.17) is 5.73 Å². The topological polar surface area (TPSA) is 127 Å². The number of carbonyl (C=O) groups is 1. The molecule has 1 amide bonds. The summed E-state index contributed by atoms with van der Waals surface area (Å²) in [4.78, 5) is 21.0. The van der Waals surface area contributed by atoms with Gasteiger partial charge in [0.1, 0.15) is 28.8 Å². The summed E-state index contributed by atoms with van der Waals surface area (Å²) in [5.41, 5.74) is 5.90. The van der Waals surface area contributed by atoms with Gasteiger partial charge < -0.3 is 11.1 Å². The van der Waals surface area contributed by atoms with Crippen molar-refractivity contribution >= 4 is 21.6 Å². The minimum Gasteiger partial charge on any atom is -0.326 e. The fourth-order valence-electron chi connectivity index (χ4n) is 4.81. The number of rotatable bonds is 6. The first kappa shape index (κ1) is 26.7. The van der Waals surface area contributed by atoms with Crippen molar-refractivity contribution in [3.8, 4) is 11.3 Å². The summed E-state index contributed by atoms with van der Waals surface area (Å²) < 4.78 is 69.0. The molecular formula is C25H26F3N5O3S. The summed E-state index contributed by atoms with van der Waals surface area (Å²) in [6, 6.07) is 5.98. The number of hydrogen-bond donors (Lipinski definition) is 3. The molecule has 4 N–H and O–H groups in total. The fraction of sp³-hybridized carbons (Fsp3) is 0.320. The van der Waals surface area contributed by atoms with Crippen LogP contribution in [0.1, 0.15) is 41.7 Å². The van der Waals surface area contributed by atoms with E-state index in [-0.39, 0.29) is 17.5 Å². The van der Waals surface area contributed by atoms with Crippen LogP contribution in [0, 0.1) is 23.4 Å². The van der Waals surface area contributed by atoms with E-state index in [0.29, 0.717) is 18.5 Å². The number of nitrogens with two attached hydrogens (primary N) is 1. The average Bonchev–Trinajstić information content (AvgIpc) is 2.82.